The molecule has 6 nitrogen and oxygen atoms in total. The van der Waals surface area contributed by atoms with Gasteiger partial charge in [0.15, 0.2) is 0 Å². The third-order valence-corrected chi connectivity index (χ3v) is 4.40. The van der Waals surface area contributed by atoms with Gasteiger partial charge in [0.25, 0.3) is 0 Å². The normalized spacial score (nSPS) is 12.4. The highest BCUT2D eigenvalue weighted by molar-refractivity contribution is 9.10. The zero-order valence-electron chi connectivity index (χ0n) is 11.5. The lowest BCUT2D eigenvalue weighted by Crippen LogP contribution is -2.27. The van der Waals surface area contributed by atoms with Crippen LogP contribution in [0.15, 0.2) is 24.5 Å². The molecule has 2 rings (SSSR count). The molecule has 1 aromatic heterocycles. The molecule has 1 atom stereocenters. The zero-order chi connectivity index (χ0) is 14.7. The van der Waals surface area contributed by atoms with Gasteiger partial charge >= 0.3 is 0 Å². The van der Waals surface area contributed by atoms with Gasteiger partial charge in [0.1, 0.15) is 6.33 Å². The number of carbonyl (C=O) groups excluding carboxylic acids is 1. The van der Waals surface area contributed by atoms with Crippen molar-refractivity contribution < 1.29 is 4.79 Å². The number of carbonyl (C=O) groups is 1. The summed E-state index contributed by atoms with van der Waals surface area (Å²) >= 11 is 3.40. The molecule has 0 radical (unpaired) electrons. The average molecular weight is 338 g/mol. The molecule has 0 aliphatic heterocycles. The Morgan fingerprint density at radius 3 is 2.75 bits per heavy atom. The van der Waals surface area contributed by atoms with E-state index in [-0.39, 0.29) is 16.7 Å². The van der Waals surface area contributed by atoms with E-state index in [1.807, 2.05) is 39.0 Å². The minimum absolute atomic E-state index is 0.0584. The highest BCUT2D eigenvalue weighted by Gasteiger charge is 2.19. The fourth-order valence-electron chi connectivity index (χ4n) is 1.67. The Kier molecular flexibility index (Phi) is 4.49. The molecule has 1 amide bonds. The number of hydrogen-bond acceptors (Lipinski definition) is 4. The van der Waals surface area contributed by atoms with Gasteiger partial charge in [0, 0.05) is 5.69 Å². The first-order valence-corrected chi connectivity index (χ1v) is 7.19. The largest absolute Gasteiger partial charge is 0.325 e. The van der Waals surface area contributed by atoms with Crippen LogP contribution in [0, 0.1) is 12.8 Å². The highest BCUT2D eigenvalue weighted by Crippen LogP contribution is 2.21. The molecule has 1 aromatic carbocycles. The first-order chi connectivity index (χ1) is 9.49. The Labute approximate surface area is 125 Å². The van der Waals surface area contributed by atoms with E-state index in [9.17, 15) is 4.79 Å². The predicted molar refractivity (Wildman–Crippen MR) is 80.1 cm³/mol. The van der Waals surface area contributed by atoms with E-state index < -0.39 is 0 Å². The van der Waals surface area contributed by atoms with Crippen molar-refractivity contribution in [1.29, 1.82) is 0 Å². The number of aromatic nitrogens is 4. The quantitative estimate of drug-likeness (QED) is 0.869. The third-order valence-electron chi connectivity index (χ3n) is 2.93. The molecular weight excluding hydrogens is 322 g/mol. The number of nitrogens with zero attached hydrogens (tertiary/aromatic N) is 4. The molecule has 0 bridgehead atoms. The lowest BCUT2D eigenvalue weighted by atomic mass is 10.1. The number of amides is 1. The van der Waals surface area contributed by atoms with Crippen molar-refractivity contribution >= 4 is 27.5 Å². The minimum atomic E-state index is -0.224. The van der Waals surface area contributed by atoms with Gasteiger partial charge in [-0.15, -0.1) is 5.10 Å². The Morgan fingerprint density at radius 1 is 1.40 bits per heavy atom. The number of aryl methyl sites for hydroxylation is 1. The molecule has 1 N–H and O–H groups in total. The molecule has 0 aliphatic rings. The average Bonchev–Trinajstić information content (AvgIpc) is 2.94. The SMILES string of the molecule is Cc1ccc(-n2cnnn2)cc1NC(=O)C(Br)C(C)C. The van der Waals surface area contributed by atoms with Crippen molar-refractivity contribution in [3.63, 3.8) is 0 Å². The molecule has 0 spiro atoms. The zero-order valence-corrected chi connectivity index (χ0v) is 13.1. The van der Waals surface area contributed by atoms with E-state index >= 15 is 0 Å². The summed E-state index contributed by atoms with van der Waals surface area (Å²) in [5.41, 5.74) is 2.54. The molecule has 0 fully saturated rings. The maximum Gasteiger partial charge on any atom is 0.238 e. The van der Waals surface area contributed by atoms with Crippen molar-refractivity contribution in [2.24, 2.45) is 5.92 Å². The second-order valence-electron chi connectivity index (χ2n) is 4.89. The van der Waals surface area contributed by atoms with E-state index in [4.69, 9.17) is 0 Å². The van der Waals surface area contributed by atoms with Crippen LogP contribution < -0.4 is 5.32 Å². The van der Waals surface area contributed by atoms with Gasteiger partial charge in [-0.3, -0.25) is 4.79 Å². The standard InChI is InChI=1S/C13H16BrN5O/c1-8(2)12(14)13(20)16-11-6-10(5-4-9(11)3)19-7-15-17-18-19/h4-8,12H,1-3H3,(H,16,20). The number of hydrogen-bond donors (Lipinski definition) is 1. The van der Waals surface area contributed by atoms with Gasteiger partial charge in [-0.2, -0.15) is 0 Å². The lowest BCUT2D eigenvalue weighted by Gasteiger charge is -2.15. The molecule has 1 heterocycles. The van der Waals surface area contributed by atoms with Crippen LogP contribution in [0.5, 0.6) is 0 Å². The third kappa shape index (κ3) is 3.22. The number of benzene rings is 1. The van der Waals surface area contributed by atoms with Crippen LogP contribution in [0.25, 0.3) is 5.69 Å². The Hall–Kier alpha value is -1.76. The van der Waals surface area contributed by atoms with Crippen LogP contribution in [0.3, 0.4) is 0 Å². The van der Waals surface area contributed by atoms with Gasteiger partial charge in [-0.1, -0.05) is 35.8 Å². The summed E-state index contributed by atoms with van der Waals surface area (Å²) in [6, 6.07) is 5.67. The van der Waals surface area contributed by atoms with E-state index in [2.05, 4.69) is 36.8 Å². The first-order valence-electron chi connectivity index (χ1n) is 6.28. The van der Waals surface area contributed by atoms with E-state index in [0.717, 1.165) is 16.9 Å². The van der Waals surface area contributed by atoms with Crippen molar-refractivity contribution in [2.45, 2.75) is 25.6 Å². The Bertz CT molecular complexity index is 597. The van der Waals surface area contributed by atoms with Crippen molar-refractivity contribution in [2.75, 3.05) is 5.32 Å². The Balaban J connectivity index is 2.24. The van der Waals surface area contributed by atoms with E-state index in [0.29, 0.717) is 0 Å². The molecule has 0 aliphatic carbocycles. The molecule has 0 saturated heterocycles. The summed E-state index contributed by atoms with van der Waals surface area (Å²) in [5, 5.41) is 14.0. The van der Waals surface area contributed by atoms with Crippen LogP contribution in [-0.2, 0) is 4.79 Å². The van der Waals surface area contributed by atoms with Gasteiger partial charge in [0.2, 0.25) is 5.91 Å². The van der Waals surface area contributed by atoms with Gasteiger partial charge in [-0.25, -0.2) is 4.68 Å². The number of nitrogens with one attached hydrogen (secondary N) is 1. The number of anilines is 1. The van der Waals surface area contributed by atoms with Crippen LogP contribution in [0.1, 0.15) is 19.4 Å². The summed E-state index contributed by atoms with van der Waals surface area (Å²) in [5.74, 6) is 0.162. The predicted octanol–water partition coefficient (Wildman–Crippen LogP) is 2.33. The highest BCUT2D eigenvalue weighted by atomic mass is 79.9. The van der Waals surface area contributed by atoms with Crippen LogP contribution in [0.2, 0.25) is 0 Å². The second kappa shape index (κ2) is 6.13. The number of tetrazole rings is 1. The van der Waals surface area contributed by atoms with Gasteiger partial charge in [0.05, 0.1) is 10.5 Å². The van der Waals surface area contributed by atoms with Crippen LogP contribution in [-0.4, -0.2) is 30.9 Å². The van der Waals surface area contributed by atoms with E-state index in [1.54, 1.807) is 4.68 Å². The molecule has 2 aromatic rings. The second-order valence-corrected chi connectivity index (χ2v) is 5.88. The first kappa shape index (κ1) is 14.6. The molecular formula is C13H16BrN5O. The van der Waals surface area contributed by atoms with Crippen LogP contribution >= 0.6 is 15.9 Å². The van der Waals surface area contributed by atoms with Crippen LogP contribution in [0.4, 0.5) is 5.69 Å². The van der Waals surface area contributed by atoms with Gasteiger partial charge < -0.3 is 5.32 Å². The fourth-order valence-corrected chi connectivity index (χ4v) is 1.79. The molecule has 106 valence electrons. The lowest BCUT2D eigenvalue weighted by molar-refractivity contribution is -0.116. The summed E-state index contributed by atoms with van der Waals surface area (Å²) in [4.78, 5) is 11.9. The summed E-state index contributed by atoms with van der Waals surface area (Å²) < 4.78 is 1.54. The summed E-state index contributed by atoms with van der Waals surface area (Å²) in [6.45, 7) is 5.92. The van der Waals surface area contributed by atoms with Crippen molar-refractivity contribution in [3.05, 3.63) is 30.1 Å². The summed E-state index contributed by atoms with van der Waals surface area (Å²) in [7, 11) is 0. The smallest absolute Gasteiger partial charge is 0.238 e. The number of alkyl halides is 1. The van der Waals surface area contributed by atoms with Crippen molar-refractivity contribution in [3.8, 4) is 5.69 Å². The Morgan fingerprint density at radius 2 is 2.15 bits per heavy atom. The molecule has 0 saturated carbocycles. The molecule has 1 unspecified atom stereocenters. The number of rotatable bonds is 4. The maximum absolute atomic E-state index is 12.1. The topological polar surface area (TPSA) is 72.7 Å². The fraction of sp³-hybridized carbons (Fsp3) is 0.385. The van der Waals surface area contributed by atoms with Crippen molar-refractivity contribution in [1.82, 2.24) is 20.2 Å². The molecule has 20 heavy (non-hydrogen) atoms. The van der Waals surface area contributed by atoms with Gasteiger partial charge in [-0.05, 0) is 41.0 Å². The maximum atomic E-state index is 12.1. The van der Waals surface area contributed by atoms with E-state index in [1.165, 1.54) is 6.33 Å². The minimum Gasteiger partial charge on any atom is -0.325 e. The number of halogens is 1. The summed E-state index contributed by atoms with van der Waals surface area (Å²) in [6.07, 6.45) is 1.51. The molecule has 7 heteroatoms. The monoisotopic (exact) mass is 337 g/mol.